The van der Waals surface area contributed by atoms with Gasteiger partial charge in [-0.2, -0.15) is 0 Å². The van der Waals surface area contributed by atoms with Gasteiger partial charge < -0.3 is 5.73 Å². The smallest absolute Gasteiger partial charge is 0.0184 e. The Morgan fingerprint density at radius 2 is 2.07 bits per heavy atom. The van der Waals surface area contributed by atoms with Crippen LogP contribution in [0.1, 0.15) is 47.0 Å². The maximum atomic E-state index is 5.68. The van der Waals surface area contributed by atoms with Crippen LogP contribution in [0.15, 0.2) is 0 Å². The Balaban J connectivity index is 2.71. The summed E-state index contributed by atoms with van der Waals surface area (Å²) in [5.41, 5.74) is 6.02. The monoisotopic (exact) mass is 198 g/mol. The zero-order chi connectivity index (χ0) is 10.8. The lowest BCUT2D eigenvalue weighted by atomic mass is 9.76. The van der Waals surface area contributed by atoms with Crippen LogP contribution in [0.5, 0.6) is 0 Å². The van der Waals surface area contributed by atoms with E-state index in [1.165, 1.54) is 25.8 Å². The second-order valence-corrected chi connectivity index (χ2v) is 5.36. The first-order chi connectivity index (χ1) is 6.50. The van der Waals surface area contributed by atoms with E-state index in [4.69, 9.17) is 5.73 Å². The molecular formula is C12H26N2. The van der Waals surface area contributed by atoms with Gasteiger partial charge in [-0.3, -0.25) is 4.90 Å². The molecule has 1 atom stereocenters. The van der Waals surface area contributed by atoms with E-state index in [9.17, 15) is 0 Å². The molecule has 84 valence electrons. The predicted molar refractivity (Wildman–Crippen MR) is 62.3 cm³/mol. The van der Waals surface area contributed by atoms with Gasteiger partial charge in [0.2, 0.25) is 0 Å². The third-order valence-corrected chi connectivity index (χ3v) is 3.83. The molecule has 0 spiro atoms. The number of hydrogen-bond acceptors (Lipinski definition) is 2. The molecule has 1 saturated heterocycles. The summed E-state index contributed by atoms with van der Waals surface area (Å²) in [6, 6.07) is 0.658. The highest BCUT2D eigenvalue weighted by Gasteiger charge is 2.38. The highest BCUT2D eigenvalue weighted by atomic mass is 15.2. The van der Waals surface area contributed by atoms with Gasteiger partial charge in [-0.1, -0.05) is 0 Å². The molecule has 0 aromatic heterocycles. The lowest BCUT2D eigenvalue weighted by Gasteiger charge is -2.50. The first kappa shape index (κ1) is 12.0. The molecule has 0 amide bonds. The van der Waals surface area contributed by atoms with Crippen molar-refractivity contribution in [3.63, 3.8) is 0 Å². The summed E-state index contributed by atoms with van der Waals surface area (Å²) in [7, 11) is 0. The van der Waals surface area contributed by atoms with Gasteiger partial charge in [0.1, 0.15) is 0 Å². The van der Waals surface area contributed by atoms with Crippen molar-refractivity contribution in [1.82, 2.24) is 4.90 Å². The molecule has 0 aromatic carbocycles. The Labute approximate surface area is 88.8 Å². The molecular weight excluding hydrogens is 172 g/mol. The minimum Gasteiger partial charge on any atom is -0.330 e. The molecule has 0 radical (unpaired) electrons. The Hall–Kier alpha value is -0.0800. The first-order valence-corrected chi connectivity index (χ1v) is 5.97. The van der Waals surface area contributed by atoms with E-state index in [1.54, 1.807) is 0 Å². The quantitative estimate of drug-likeness (QED) is 0.753. The molecule has 1 aliphatic rings. The largest absolute Gasteiger partial charge is 0.330 e. The van der Waals surface area contributed by atoms with Crippen LogP contribution in [-0.4, -0.2) is 29.6 Å². The molecule has 1 aliphatic heterocycles. The van der Waals surface area contributed by atoms with Gasteiger partial charge in [0, 0.05) is 11.6 Å². The van der Waals surface area contributed by atoms with Crippen molar-refractivity contribution in [2.75, 3.05) is 13.1 Å². The van der Waals surface area contributed by atoms with E-state index in [-0.39, 0.29) is 0 Å². The predicted octanol–water partition coefficient (Wildman–Crippen LogP) is 2.23. The highest BCUT2D eigenvalue weighted by molar-refractivity contribution is 4.93. The number of hydrogen-bond donors (Lipinski definition) is 1. The van der Waals surface area contributed by atoms with Gasteiger partial charge in [0.25, 0.3) is 0 Å². The fourth-order valence-corrected chi connectivity index (χ4v) is 3.01. The average Bonchev–Trinajstić information content (AvgIpc) is 2.07. The fourth-order valence-electron chi connectivity index (χ4n) is 3.01. The second kappa shape index (κ2) is 4.63. The number of rotatable bonds is 3. The van der Waals surface area contributed by atoms with Crippen LogP contribution in [-0.2, 0) is 0 Å². The van der Waals surface area contributed by atoms with Gasteiger partial charge in [-0.25, -0.2) is 0 Å². The number of nitrogens with zero attached hydrogens (tertiary/aromatic N) is 1. The summed E-state index contributed by atoms with van der Waals surface area (Å²) >= 11 is 0. The fraction of sp³-hybridized carbons (Fsp3) is 1.00. The van der Waals surface area contributed by atoms with Gasteiger partial charge >= 0.3 is 0 Å². The van der Waals surface area contributed by atoms with Crippen LogP contribution < -0.4 is 5.73 Å². The summed E-state index contributed by atoms with van der Waals surface area (Å²) in [5.74, 6) is 0.781. The Bertz CT molecular complexity index is 173. The van der Waals surface area contributed by atoms with Crippen molar-refractivity contribution in [3.8, 4) is 0 Å². The number of nitrogens with two attached hydrogens (primary N) is 1. The minimum atomic E-state index is 0.339. The normalized spacial score (nSPS) is 28.3. The third kappa shape index (κ3) is 2.29. The molecule has 0 bridgehead atoms. The molecule has 2 N–H and O–H groups in total. The number of likely N-dealkylation sites (tertiary alicyclic amines) is 1. The van der Waals surface area contributed by atoms with Crippen molar-refractivity contribution in [1.29, 1.82) is 0 Å². The lowest BCUT2D eigenvalue weighted by molar-refractivity contribution is -0.00424. The third-order valence-electron chi connectivity index (χ3n) is 3.83. The topological polar surface area (TPSA) is 29.3 Å². The molecule has 14 heavy (non-hydrogen) atoms. The molecule has 1 heterocycles. The van der Waals surface area contributed by atoms with Crippen LogP contribution in [0.4, 0.5) is 0 Å². The van der Waals surface area contributed by atoms with Crippen LogP contribution in [0.25, 0.3) is 0 Å². The summed E-state index contributed by atoms with van der Waals surface area (Å²) in [4.78, 5) is 2.64. The molecule has 2 nitrogen and oxygen atoms in total. The van der Waals surface area contributed by atoms with Crippen molar-refractivity contribution in [2.45, 2.75) is 58.5 Å². The van der Waals surface area contributed by atoms with Crippen molar-refractivity contribution >= 4 is 0 Å². The zero-order valence-electron chi connectivity index (χ0n) is 10.2. The van der Waals surface area contributed by atoms with Crippen molar-refractivity contribution in [2.24, 2.45) is 11.7 Å². The first-order valence-electron chi connectivity index (χ1n) is 5.97. The Kier molecular flexibility index (Phi) is 3.96. The van der Waals surface area contributed by atoms with E-state index in [0.29, 0.717) is 11.6 Å². The SMILES string of the molecule is CC(C)N1CCCC(CCN)C1(C)C. The summed E-state index contributed by atoms with van der Waals surface area (Å²) < 4.78 is 0. The Morgan fingerprint density at radius 1 is 1.43 bits per heavy atom. The lowest BCUT2D eigenvalue weighted by Crippen LogP contribution is -2.56. The van der Waals surface area contributed by atoms with E-state index in [0.717, 1.165) is 12.5 Å². The maximum absolute atomic E-state index is 5.68. The highest BCUT2D eigenvalue weighted by Crippen LogP contribution is 2.36. The van der Waals surface area contributed by atoms with Gasteiger partial charge in [-0.15, -0.1) is 0 Å². The molecule has 1 rings (SSSR count). The van der Waals surface area contributed by atoms with E-state index < -0.39 is 0 Å². The van der Waals surface area contributed by atoms with Crippen LogP contribution in [0.2, 0.25) is 0 Å². The van der Waals surface area contributed by atoms with Crippen molar-refractivity contribution in [3.05, 3.63) is 0 Å². The zero-order valence-corrected chi connectivity index (χ0v) is 10.2. The van der Waals surface area contributed by atoms with Crippen molar-refractivity contribution < 1.29 is 0 Å². The summed E-state index contributed by atoms with van der Waals surface area (Å²) in [6.45, 7) is 11.4. The standard InChI is InChI=1S/C12H26N2/c1-10(2)14-9-5-6-11(7-8-13)12(14,3)4/h10-11H,5-9,13H2,1-4H3. The van der Waals surface area contributed by atoms with Crippen LogP contribution in [0.3, 0.4) is 0 Å². The van der Waals surface area contributed by atoms with Gasteiger partial charge in [0.05, 0.1) is 0 Å². The van der Waals surface area contributed by atoms with E-state index in [1.807, 2.05) is 0 Å². The molecule has 0 saturated carbocycles. The number of piperidine rings is 1. The van der Waals surface area contributed by atoms with E-state index in [2.05, 4.69) is 32.6 Å². The Morgan fingerprint density at radius 3 is 2.57 bits per heavy atom. The summed E-state index contributed by atoms with van der Waals surface area (Å²) in [5, 5.41) is 0. The van der Waals surface area contributed by atoms with Crippen LogP contribution >= 0.6 is 0 Å². The van der Waals surface area contributed by atoms with Gasteiger partial charge in [0.15, 0.2) is 0 Å². The maximum Gasteiger partial charge on any atom is 0.0184 e. The minimum absolute atomic E-state index is 0.339. The molecule has 0 aliphatic carbocycles. The average molecular weight is 198 g/mol. The second-order valence-electron chi connectivity index (χ2n) is 5.36. The molecule has 2 heteroatoms. The molecule has 1 unspecified atom stereocenters. The molecule has 0 aromatic rings. The van der Waals surface area contributed by atoms with E-state index >= 15 is 0 Å². The van der Waals surface area contributed by atoms with Crippen LogP contribution in [0, 0.1) is 5.92 Å². The van der Waals surface area contributed by atoms with Gasteiger partial charge in [-0.05, 0) is 66.0 Å². The summed E-state index contributed by atoms with van der Waals surface area (Å²) in [6.07, 6.45) is 3.87. The molecule has 1 fully saturated rings.